The molecule has 0 radical (unpaired) electrons. The predicted molar refractivity (Wildman–Crippen MR) is 65.3 cm³/mol. The van der Waals surface area contributed by atoms with E-state index in [-0.39, 0.29) is 0 Å². The van der Waals surface area contributed by atoms with Gasteiger partial charge >= 0.3 is 0 Å². The Morgan fingerprint density at radius 3 is 2.88 bits per heavy atom. The minimum absolute atomic E-state index is 0.477. The number of pyridine rings is 1. The van der Waals surface area contributed by atoms with E-state index in [4.69, 9.17) is 10.3 Å². The molecule has 0 bridgehead atoms. The summed E-state index contributed by atoms with van der Waals surface area (Å²) >= 11 is 1.42. The Kier molecular flexibility index (Phi) is 2.34. The van der Waals surface area contributed by atoms with E-state index in [0.717, 1.165) is 15.4 Å². The monoisotopic (exact) mass is 244 g/mol. The van der Waals surface area contributed by atoms with Gasteiger partial charge < -0.3 is 10.3 Å². The average molecular weight is 244 g/mol. The van der Waals surface area contributed by atoms with Gasteiger partial charge in [0.1, 0.15) is 0 Å². The first-order valence-electron chi connectivity index (χ1n) is 4.93. The van der Waals surface area contributed by atoms with Crippen LogP contribution in [-0.2, 0) is 0 Å². The smallest absolute Gasteiger partial charge is 0.268 e. The molecule has 3 aromatic rings. The van der Waals surface area contributed by atoms with Crippen molar-refractivity contribution in [2.24, 2.45) is 0 Å². The molecule has 5 nitrogen and oxygen atoms in total. The summed E-state index contributed by atoms with van der Waals surface area (Å²) in [5.74, 6) is 1.01. The molecule has 0 aliphatic carbocycles. The van der Waals surface area contributed by atoms with Gasteiger partial charge in [-0.3, -0.25) is 4.98 Å². The van der Waals surface area contributed by atoms with Crippen LogP contribution in [0.2, 0.25) is 0 Å². The molecule has 3 aromatic heterocycles. The lowest BCUT2D eigenvalue weighted by molar-refractivity contribution is 0.433. The second kappa shape index (κ2) is 3.99. The third kappa shape index (κ3) is 1.90. The molecule has 0 amide bonds. The van der Waals surface area contributed by atoms with E-state index in [1.165, 1.54) is 11.3 Å². The summed E-state index contributed by atoms with van der Waals surface area (Å²) in [6.07, 6.45) is 3.39. The van der Waals surface area contributed by atoms with Gasteiger partial charge in [-0.05, 0) is 24.3 Å². The van der Waals surface area contributed by atoms with Crippen LogP contribution in [-0.4, -0.2) is 15.1 Å². The minimum atomic E-state index is 0.477. The normalized spacial score (nSPS) is 10.6. The number of hydrogen-bond acceptors (Lipinski definition) is 6. The van der Waals surface area contributed by atoms with Gasteiger partial charge in [0.15, 0.2) is 0 Å². The van der Waals surface area contributed by atoms with Gasteiger partial charge in [0.25, 0.3) is 5.89 Å². The lowest BCUT2D eigenvalue weighted by Crippen LogP contribution is -1.81. The molecule has 17 heavy (non-hydrogen) atoms. The molecule has 3 rings (SSSR count). The fraction of sp³-hybridized carbons (Fsp3) is 0. The quantitative estimate of drug-likeness (QED) is 0.749. The summed E-state index contributed by atoms with van der Waals surface area (Å²) in [7, 11) is 0. The van der Waals surface area contributed by atoms with Crippen molar-refractivity contribution in [2.75, 3.05) is 5.73 Å². The average Bonchev–Trinajstić information content (AvgIpc) is 2.98. The predicted octanol–water partition coefficient (Wildman–Crippen LogP) is 2.44. The van der Waals surface area contributed by atoms with E-state index < -0.39 is 0 Å². The Hall–Kier alpha value is -2.21. The van der Waals surface area contributed by atoms with Crippen LogP contribution >= 0.6 is 11.3 Å². The number of thiophene rings is 1. The molecule has 3 heterocycles. The van der Waals surface area contributed by atoms with Gasteiger partial charge in [-0.15, -0.1) is 11.3 Å². The molecule has 0 atom stereocenters. The Labute approximate surface area is 101 Å². The molecule has 2 N–H and O–H groups in total. The number of hydrogen-bond donors (Lipinski definition) is 1. The zero-order valence-electron chi connectivity index (χ0n) is 8.70. The fourth-order valence-corrected chi connectivity index (χ4v) is 2.10. The van der Waals surface area contributed by atoms with Crippen molar-refractivity contribution >= 4 is 16.3 Å². The molecule has 0 spiro atoms. The van der Waals surface area contributed by atoms with E-state index in [2.05, 4.69) is 15.1 Å². The molecule has 84 valence electrons. The largest absolute Gasteiger partial charge is 0.391 e. The van der Waals surface area contributed by atoms with Gasteiger partial charge in [0, 0.05) is 18.0 Å². The van der Waals surface area contributed by atoms with Crippen molar-refractivity contribution in [2.45, 2.75) is 0 Å². The molecule has 6 heteroatoms. The van der Waals surface area contributed by atoms with Crippen molar-refractivity contribution in [3.8, 4) is 22.2 Å². The number of nitrogens with zero attached hydrogens (tertiary/aromatic N) is 3. The van der Waals surface area contributed by atoms with Crippen molar-refractivity contribution in [1.82, 2.24) is 15.1 Å². The topological polar surface area (TPSA) is 77.8 Å². The van der Waals surface area contributed by atoms with Crippen molar-refractivity contribution in [3.63, 3.8) is 0 Å². The van der Waals surface area contributed by atoms with Gasteiger partial charge in [-0.25, -0.2) is 0 Å². The molecule has 0 aliphatic rings. The summed E-state index contributed by atoms with van der Waals surface area (Å²) in [4.78, 5) is 9.18. The maximum Gasteiger partial charge on any atom is 0.268 e. The number of aromatic nitrogens is 3. The highest BCUT2D eigenvalue weighted by Gasteiger charge is 2.11. The second-order valence-electron chi connectivity index (χ2n) is 3.37. The summed E-state index contributed by atoms with van der Waals surface area (Å²) in [6, 6.07) is 7.38. The van der Waals surface area contributed by atoms with Gasteiger partial charge in [-0.2, -0.15) is 4.98 Å². The van der Waals surface area contributed by atoms with Crippen LogP contribution < -0.4 is 5.73 Å². The number of nitrogen functional groups attached to an aromatic ring is 1. The van der Waals surface area contributed by atoms with Gasteiger partial charge in [-0.1, -0.05) is 5.16 Å². The highest BCUT2D eigenvalue weighted by molar-refractivity contribution is 7.19. The molecule has 0 unspecified atom stereocenters. The minimum Gasteiger partial charge on any atom is -0.391 e. The molecule has 0 saturated heterocycles. The third-order valence-corrected chi connectivity index (χ3v) is 3.09. The summed E-state index contributed by atoms with van der Waals surface area (Å²) in [6.45, 7) is 0. The SMILES string of the molecule is Nc1ccc(-c2nc(-c3cccnc3)no2)s1. The van der Waals surface area contributed by atoms with E-state index in [1.54, 1.807) is 12.4 Å². The first-order valence-corrected chi connectivity index (χ1v) is 5.74. The van der Waals surface area contributed by atoms with Crippen molar-refractivity contribution in [3.05, 3.63) is 36.7 Å². The Morgan fingerprint density at radius 1 is 1.24 bits per heavy atom. The van der Waals surface area contributed by atoms with Gasteiger partial charge in [0.2, 0.25) is 5.82 Å². The summed E-state index contributed by atoms with van der Waals surface area (Å²) < 4.78 is 5.18. The van der Waals surface area contributed by atoms with Crippen LogP contribution in [0.1, 0.15) is 0 Å². The molecule has 0 fully saturated rings. The third-order valence-electron chi connectivity index (χ3n) is 2.18. The Bertz CT molecular complexity index is 632. The van der Waals surface area contributed by atoms with Crippen LogP contribution in [0, 0.1) is 0 Å². The molecule has 0 saturated carbocycles. The first kappa shape index (κ1) is 9.98. The zero-order chi connectivity index (χ0) is 11.7. The summed E-state index contributed by atoms with van der Waals surface area (Å²) in [5, 5.41) is 4.64. The standard InChI is InChI=1S/C11H8N4OS/c12-9-4-3-8(17-9)11-14-10(15-16-11)7-2-1-5-13-6-7/h1-6H,12H2. The van der Waals surface area contributed by atoms with E-state index in [0.29, 0.717) is 11.7 Å². The van der Waals surface area contributed by atoms with Crippen LogP contribution in [0.15, 0.2) is 41.2 Å². The summed E-state index contributed by atoms with van der Waals surface area (Å²) in [5.41, 5.74) is 6.48. The maximum atomic E-state index is 5.65. The lowest BCUT2D eigenvalue weighted by atomic mass is 10.3. The zero-order valence-corrected chi connectivity index (χ0v) is 9.52. The van der Waals surface area contributed by atoms with Crippen molar-refractivity contribution in [1.29, 1.82) is 0 Å². The van der Waals surface area contributed by atoms with Crippen molar-refractivity contribution < 1.29 is 4.52 Å². The Balaban J connectivity index is 1.99. The van der Waals surface area contributed by atoms with Crippen LogP contribution in [0.5, 0.6) is 0 Å². The number of anilines is 1. The highest BCUT2D eigenvalue weighted by atomic mass is 32.1. The van der Waals surface area contributed by atoms with E-state index in [1.807, 2.05) is 24.3 Å². The molecular formula is C11H8N4OS. The Morgan fingerprint density at radius 2 is 2.18 bits per heavy atom. The number of rotatable bonds is 2. The molecular weight excluding hydrogens is 236 g/mol. The maximum absolute atomic E-state index is 5.65. The molecule has 0 aliphatic heterocycles. The number of nitrogens with two attached hydrogens (primary N) is 1. The molecule has 0 aromatic carbocycles. The van der Waals surface area contributed by atoms with Crippen LogP contribution in [0.3, 0.4) is 0 Å². The highest BCUT2D eigenvalue weighted by Crippen LogP contribution is 2.29. The fourth-order valence-electron chi connectivity index (χ4n) is 1.40. The van der Waals surface area contributed by atoms with Gasteiger partial charge in [0.05, 0.1) is 9.88 Å². The first-order chi connectivity index (χ1) is 8.33. The van der Waals surface area contributed by atoms with Crippen LogP contribution in [0.4, 0.5) is 5.00 Å². The van der Waals surface area contributed by atoms with Crippen LogP contribution in [0.25, 0.3) is 22.2 Å². The van der Waals surface area contributed by atoms with E-state index >= 15 is 0 Å². The second-order valence-corrected chi connectivity index (χ2v) is 4.48. The lowest BCUT2D eigenvalue weighted by Gasteiger charge is -1.89. The van der Waals surface area contributed by atoms with E-state index in [9.17, 15) is 0 Å².